The molecule has 3 rings (SSSR count). The number of halogens is 2. The second-order valence-corrected chi connectivity index (χ2v) is 6.07. The van der Waals surface area contributed by atoms with Crippen molar-refractivity contribution < 1.29 is 23.8 Å². The molecule has 2 N–H and O–H groups in total. The van der Waals surface area contributed by atoms with Crippen LogP contribution in [0.1, 0.15) is 16.9 Å². The minimum atomic E-state index is -1.11. The maximum atomic E-state index is 13.0. The lowest BCUT2D eigenvalue weighted by atomic mass is 10.3. The molecule has 11 heteroatoms. The molecule has 0 spiro atoms. The number of ether oxygens (including phenoxy) is 1. The standard InChI is InChI=1S/C17H15ClFN5O4/c18-13-7-11(19)1-2-15(13)28-10-23-9-12(8-21-23)22-16(25)4-6-24-14(17(26)27)3-5-20-24/h1-3,5,7-9H,4,6,10H2,(H,22,25)(H,26,27). The van der Waals surface area contributed by atoms with Gasteiger partial charge >= 0.3 is 5.97 Å². The third-order valence-electron chi connectivity index (χ3n) is 3.65. The highest BCUT2D eigenvalue weighted by molar-refractivity contribution is 6.32. The molecule has 0 radical (unpaired) electrons. The fourth-order valence-corrected chi connectivity index (χ4v) is 2.57. The van der Waals surface area contributed by atoms with E-state index in [2.05, 4.69) is 15.5 Å². The third kappa shape index (κ3) is 4.86. The van der Waals surface area contributed by atoms with Crippen LogP contribution in [0.3, 0.4) is 0 Å². The Kier molecular flexibility index (Phi) is 5.90. The van der Waals surface area contributed by atoms with E-state index < -0.39 is 11.8 Å². The van der Waals surface area contributed by atoms with E-state index in [0.29, 0.717) is 11.4 Å². The van der Waals surface area contributed by atoms with Crippen molar-refractivity contribution in [2.75, 3.05) is 5.32 Å². The molecule has 0 atom stereocenters. The van der Waals surface area contributed by atoms with Gasteiger partial charge in [0, 0.05) is 12.6 Å². The number of aromatic nitrogens is 4. The van der Waals surface area contributed by atoms with Crippen molar-refractivity contribution in [2.24, 2.45) is 0 Å². The number of hydrogen-bond donors (Lipinski definition) is 2. The summed E-state index contributed by atoms with van der Waals surface area (Å²) in [6.45, 7) is 0.136. The van der Waals surface area contributed by atoms with E-state index in [4.69, 9.17) is 21.4 Å². The number of carboxylic acid groups (broad SMARTS) is 1. The molecule has 9 nitrogen and oxygen atoms in total. The number of carbonyl (C=O) groups excluding carboxylic acids is 1. The first-order valence-corrected chi connectivity index (χ1v) is 8.45. The van der Waals surface area contributed by atoms with Crippen LogP contribution in [-0.2, 0) is 18.1 Å². The number of nitrogens with one attached hydrogen (secondary N) is 1. The Morgan fingerprint density at radius 2 is 2.11 bits per heavy atom. The van der Waals surface area contributed by atoms with Gasteiger partial charge in [0.05, 0.1) is 29.6 Å². The Balaban J connectivity index is 1.50. The van der Waals surface area contributed by atoms with Crippen LogP contribution in [0.15, 0.2) is 42.9 Å². The Labute approximate surface area is 163 Å². The van der Waals surface area contributed by atoms with Gasteiger partial charge in [-0.15, -0.1) is 0 Å². The molecule has 0 aliphatic heterocycles. The number of aryl methyl sites for hydroxylation is 1. The number of benzene rings is 1. The van der Waals surface area contributed by atoms with Crippen molar-refractivity contribution in [3.05, 3.63) is 59.4 Å². The zero-order chi connectivity index (χ0) is 20.1. The predicted molar refractivity (Wildman–Crippen MR) is 96.7 cm³/mol. The van der Waals surface area contributed by atoms with Crippen LogP contribution < -0.4 is 10.1 Å². The van der Waals surface area contributed by atoms with Gasteiger partial charge in [-0.25, -0.2) is 13.9 Å². The molecule has 1 amide bonds. The Hall–Kier alpha value is -3.40. The van der Waals surface area contributed by atoms with Gasteiger partial charge in [-0.1, -0.05) is 11.6 Å². The monoisotopic (exact) mass is 407 g/mol. The van der Waals surface area contributed by atoms with Crippen molar-refractivity contribution in [3.8, 4) is 5.75 Å². The minimum absolute atomic E-state index is 0.0104. The summed E-state index contributed by atoms with van der Waals surface area (Å²) in [7, 11) is 0. The summed E-state index contributed by atoms with van der Waals surface area (Å²) in [5.74, 6) is -1.60. The number of carbonyl (C=O) groups is 2. The van der Waals surface area contributed by atoms with E-state index in [-0.39, 0.29) is 36.3 Å². The first kappa shape index (κ1) is 19.4. The first-order valence-electron chi connectivity index (χ1n) is 8.07. The van der Waals surface area contributed by atoms with Crippen molar-refractivity contribution in [1.82, 2.24) is 19.6 Å². The van der Waals surface area contributed by atoms with Crippen LogP contribution in [0.2, 0.25) is 5.02 Å². The first-order chi connectivity index (χ1) is 13.4. The number of rotatable bonds is 8. The van der Waals surface area contributed by atoms with Crippen molar-refractivity contribution in [2.45, 2.75) is 19.7 Å². The van der Waals surface area contributed by atoms with E-state index in [1.54, 1.807) is 6.20 Å². The maximum absolute atomic E-state index is 13.0. The van der Waals surface area contributed by atoms with Gasteiger partial charge in [-0.2, -0.15) is 10.2 Å². The predicted octanol–water partition coefficient (Wildman–Crippen LogP) is 2.64. The summed E-state index contributed by atoms with van der Waals surface area (Å²) in [5, 5.41) is 19.7. The molecule has 0 saturated carbocycles. The normalized spacial score (nSPS) is 10.6. The smallest absolute Gasteiger partial charge is 0.354 e. The molecule has 0 fully saturated rings. The second-order valence-electron chi connectivity index (χ2n) is 5.66. The fraction of sp³-hybridized carbons (Fsp3) is 0.176. The summed E-state index contributed by atoms with van der Waals surface area (Å²) in [4.78, 5) is 23.0. The molecule has 0 aliphatic rings. The van der Waals surface area contributed by atoms with Crippen molar-refractivity contribution >= 4 is 29.2 Å². The van der Waals surface area contributed by atoms with Gasteiger partial charge in [0.25, 0.3) is 0 Å². The number of nitrogens with zero attached hydrogens (tertiary/aromatic N) is 4. The molecule has 3 aromatic rings. The molecular formula is C17H15ClFN5O4. The lowest BCUT2D eigenvalue weighted by Gasteiger charge is -2.08. The van der Waals surface area contributed by atoms with Crippen LogP contribution in [0.5, 0.6) is 5.75 Å². The molecule has 2 heterocycles. The van der Waals surface area contributed by atoms with E-state index in [0.717, 1.165) is 6.07 Å². The lowest BCUT2D eigenvalue weighted by Crippen LogP contribution is -2.17. The van der Waals surface area contributed by atoms with Crippen LogP contribution in [0.25, 0.3) is 0 Å². The largest absolute Gasteiger partial charge is 0.477 e. The molecule has 2 aromatic heterocycles. The molecule has 28 heavy (non-hydrogen) atoms. The molecule has 0 bridgehead atoms. The molecule has 0 aliphatic carbocycles. The highest BCUT2D eigenvalue weighted by Gasteiger charge is 2.12. The van der Waals surface area contributed by atoms with Gasteiger partial charge in [0.15, 0.2) is 6.73 Å². The summed E-state index contributed by atoms with van der Waals surface area (Å²) in [5.41, 5.74) is 0.454. The number of carboxylic acids is 1. The van der Waals surface area contributed by atoms with Crippen LogP contribution in [-0.4, -0.2) is 36.5 Å². The Morgan fingerprint density at radius 3 is 2.86 bits per heavy atom. The minimum Gasteiger partial charge on any atom is -0.477 e. The molecular weight excluding hydrogens is 393 g/mol. The van der Waals surface area contributed by atoms with Gasteiger partial charge in [0.2, 0.25) is 5.91 Å². The number of aromatic carboxylic acids is 1. The third-order valence-corrected chi connectivity index (χ3v) is 3.94. The fourth-order valence-electron chi connectivity index (χ4n) is 2.35. The summed E-state index contributed by atoms with van der Waals surface area (Å²) in [6.07, 6.45) is 4.38. The number of amides is 1. The van der Waals surface area contributed by atoms with E-state index >= 15 is 0 Å². The summed E-state index contributed by atoms with van der Waals surface area (Å²) < 4.78 is 21.1. The van der Waals surface area contributed by atoms with Gasteiger partial charge in [-0.05, 0) is 24.3 Å². The molecule has 1 aromatic carbocycles. The van der Waals surface area contributed by atoms with Crippen LogP contribution in [0.4, 0.5) is 10.1 Å². The summed E-state index contributed by atoms with van der Waals surface area (Å²) >= 11 is 5.88. The average molecular weight is 408 g/mol. The molecule has 0 saturated heterocycles. The topological polar surface area (TPSA) is 111 Å². The van der Waals surface area contributed by atoms with Crippen molar-refractivity contribution in [1.29, 1.82) is 0 Å². The summed E-state index contributed by atoms with van der Waals surface area (Å²) in [6, 6.07) is 5.13. The quantitative estimate of drug-likeness (QED) is 0.593. The lowest BCUT2D eigenvalue weighted by molar-refractivity contribution is -0.116. The van der Waals surface area contributed by atoms with E-state index in [1.807, 2.05) is 0 Å². The second kappa shape index (κ2) is 8.53. The van der Waals surface area contributed by atoms with Crippen LogP contribution >= 0.6 is 11.6 Å². The molecule has 146 valence electrons. The number of hydrogen-bond acceptors (Lipinski definition) is 5. The van der Waals surface area contributed by atoms with Gasteiger partial charge in [-0.3, -0.25) is 9.48 Å². The van der Waals surface area contributed by atoms with Gasteiger partial charge < -0.3 is 15.2 Å². The van der Waals surface area contributed by atoms with Crippen LogP contribution in [0, 0.1) is 5.82 Å². The number of anilines is 1. The average Bonchev–Trinajstić information content (AvgIpc) is 3.28. The van der Waals surface area contributed by atoms with E-state index in [9.17, 15) is 14.0 Å². The van der Waals surface area contributed by atoms with Crippen molar-refractivity contribution in [3.63, 3.8) is 0 Å². The zero-order valence-corrected chi connectivity index (χ0v) is 15.1. The Morgan fingerprint density at radius 1 is 1.29 bits per heavy atom. The van der Waals surface area contributed by atoms with Gasteiger partial charge in [0.1, 0.15) is 17.3 Å². The SMILES string of the molecule is O=C(CCn1nccc1C(=O)O)Nc1cnn(COc2ccc(F)cc2Cl)c1. The Bertz CT molecular complexity index is 1000. The maximum Gasteiger partial charge on any atom is 0.354 e. The highest BCUT2D eigenvalue weighted by Crippen LogP contribution is 2.25. The zero-order valence-electron chi connectivity index (χ0n) is 14.4. The highest BCUT2D eigenvalue weighted by atomic mass is 35.5. The van der Waals surface area contributed by atoms with E-state index in [1.165, 1.54) is 40.0 Å². The molecule has 0 unspecified atom stereocenters.